The Balaban J connectivity index is 1.92. The van der Waals surface area contributed by atoms with Crippen molar-refractivity contribution in [1.29, 1.82) is 0 Å². The number of anilines is 1. The minimum atomic E-state index is -0.109. The molecule has 0 spiro atoms. The van der Waals surface area contributed by atoms with Crippen LogP contribution in [0.15, 0.2) is 24.3 Å². The van der Waals surface area contributed by atoms with Crippen molar-refractivity contribution in [2.75, 3.05) is 11.9 Å². The minimum Gasteiger partial charge on any atom is -0.350 e. The molecule has 1 aliphatic heterocycles. The Bertz CT molecular complexity index is 491. The Morgan fingerprint density at radius 2 is 1.90 bits per heavy atom. The van der Waals surface area contributed by atoms with E-state index in [1.165, 1.54) is 0 Å². The number of rotatable bonds is 4. The maximum absolute atomic E-state index is 12.1. The number of amides is 2. The molecule has 1 heterocycles. The molecule has 5 heteroatoms. The maximum Gasteiger partial charge on any atom is 0.251 e. The molecular weight excluding hydrogens is 266 g/mol. The summed E-state index contributed by atoms with van der Waals surface area (Å²) in [6.07, 6.45) is 3.09. The summed E-state index contributed by atoms with van der Waals surface area (Å²) in [5.74, 6) is -0.106. The third-order valence-corrected chi connectivity index (χ3v) is 3.46. The van der Waals surface area contributed by atoms with E-state index in [4.69, 9.17) is 0 Å². The van der Waals surface area contributed by atoms with Crippen molar-refractivity contribution in [1.82, 2.24) is 10.6 Å². The monoisotopic (exact) mass is 289 g/mol. The third kappa shape index (κ3) is 4.56. The van der Waals surface area contributed by atoms with Crippen molar-refractivity contribution < 1.29 is 9.59 Å². The van der Waals surface area contributed by atoms with E-state index in [2.05, 4.69) is 16.0 Å². The zero-order valence-electron chi connectivity index (χ0n) is 12.6. The van der Waals surface area contributed by atoms with Gasteiger partial charge in [0.15, 0.2) is 0 Å². The minimum absolute atomic E-state index is 0.00548. The summed E-state index contributed by atoms with van der Waals surface area (Å²) >= 11 is 0. The predicted molar refractivity (Wildman–Crippen MR) is 83.3 cm³/mol. The summed E-state index contributed by atoms with van der Waals surface area (Å²) in [5.41, 5.74) is 1.31. The molecule has 1 atom stereocenters. The number of carbonyl (C=O) groups excluding carboxylic acids is 2. The Kier molecular flexibility index (Phi) is 5.33. The molecule has 0 saturated carbocycles. The van der Waals surface area contributed by atoms with Crippen LogP contribution in [-0.2, 0) is 4.79 Å². The molecule has 1 unspecified atom stereocenters. The standard InChI is InChI=1S/C16H23N3O2/c1-11(2)18-15(20)12-6-8-13(9-7-12)19-16(21)14-5-3-4-10-17-14/h6-9,11,14,17H,3-5,10H2,1-2H3,(H,18,20)(H,19,21). The summed E-state index contributed by atoms with van der Waals surface area (Å²) in [6.45, 7) is 4.74. The Hall–Kier alpha value is -1.88. The molecule has 114 valence electrons. The number of hydrogen-bond acceptors (Lipinski definition) is 3. The van der Waals surface area contributed by atoms with E-state index in [1.807, 2.05) is 13.8 Å². The van der Waals surface area contributed by atoms with Crippen LogP contribution in [0.3, 0.4) is 0 Å². The lowest BCUT2D eigenvalue weighted by atomic mass is 10.0. The van der Waals surface area contributed by atoms with Crippen LogP contribution in [0.1, 0.15) is 43.5 Å². The second kappa shape index (κ2) is 7.22. The fraction of sp³-hybridized carbons (Fsp3) is 0.500. The first kappa shape index (κ1) is 15.5. The molecule has 2 rings (SSSR count). The summed E-state index contributed by atoms with van der Waals surface area (Å²) < 4.78 is 0. The zero-order chi connectivity index (χ0) is 15.2. The molecule has 0 radical (unpaired) electrons. The second-order valence-electron chi connectivity index (χ2n) is 5.70. The lowest BCUT2D eigenvalue weighted by Crippen LogP contribution is -2.43. The normalized spacial score (nSPS) is 18.3. The predicted octanol–water partition coefficient (Wildman–Crippen LogP) is 1.91. The summed E-state index contributed by atoms with van der Waals surface area (Å²) in [6, 6.07) is 6.96. The molecule has 1 aromatic rings. The van der Waals surface area contributed by atoms with Crippen molar-refractivity contribution in [2.24, 2.45) is 0 Å². The summed E-state index contributed by atoms with van der Waals surface area (Å²) in [5, 5.41) is 8.93. The number of hydrogen-bond donors (Lipinski definition) is 3. The van der Waals surface area contributed by atoms with Gasteiger partial charge in [-0.15, -0.1) is 0 Å². The number of nitrogens with one attached hydrogen (secondary N) is 3. The molecule has 1 aliphatic rings. The zero-order valence-corrected chi connectivity index (χ0v) is 12.6. The first-order valence-electron chi connectivity index (χ1n) is 7.51. The van der Waals surface area contributed by atoms with Crippen molar-refractivity contribution in [3.63, 3.8) is 0 Å². The van der Waals surface area contributed by atoms with E-state index < -0.39 is 0 Å². The second-order valence-corrected chi connectivity index (χ2v) is 5.70. The van der Waals surface area contributed by atoms with Gasteiger partial charge in [0, 0.05) is 17.3 Å². The lowest BCUT2D eigenvalue weighted by Gasteiger charge is -2.22. The first-order chi connectivity index (χ1) is 10.1. The van der Waals surface area contributed by atoms with Crippen molar-refractivity contribution in [3.05, 3.63) is 29.8 Å². The average Bonchev–Trinajstić information content (AvgIpc) is 2.48. The van der Waals surface area contributed by atoms with Crippen LogP contribution in [0, 0.1) is 0 Å². The first-order valence-corrected chi connectivity index (χ1v) is 7.51. The van der Waals surface area contributed by atoms with E-state index in [9.17, 15) is 9.59 Å². The SMILES string of the molecule is CC(C)NC(=O)c1ccc(NC(=O)C2CCCCN2)cc1. The third-order valence-electron chi connectivity index (χ3n) is 3.46. The van der Waals surface area contributed by atoms with Crippen molar-refractivity contribution in [2.45, 2.75) is 45.2 Å². The fourth-order valence-corrected chi connectivity index (χ4v) is 2.36. The molecule has 1 saturated heterocycles. The van der Waals surface area contributed by atoms with Crippen LogP contribution in [0.25, 0.3) is 0 Å². The molecule has 21 heavy (non-hydrogen) atoms. The van der Waals surface area contributed by atoms with Gasteiger partial charge in [-0.2, -0.15) is 0 Å². The Morgan fingerprint density at radius 3 is 2.48 bits per heavy atom. The molecule has 5 nitrogen and oxygen atoms in total. The highest BCUT2D eigenvalue weighted by atomic mass is 16.2. The number of carbonyl (C=O) groups is 2. The largest absolute Gasteiger partial charge is 0.350 e. The van der Waals surface area contributed by atoms with E-state index in [0.717, 1.165) is 25.8 Å². The highest BCUT2D eigenvalue weighted by Gasteiger charge is 2.20. The van der Waals surface area contributed by atoms with Gasteiger partial charge in [0.25, 0.3) is 5.91 Å². The van der Waals surface area contributed by atoms with Crippen LogP contribution < -0.4 is 16.0 Å². The van der Waals surface area contributed by atoms with Crippen LogP contribution in [-0.4, -0.2) is 30.4 Å². The van der Waals surface area contributed by atoms with E-state index in [-0.39, 0.29) is 23.9 Å². The van der Waals surface area contributed by atoms with Crippen LogP contribution in [0.5, 0.6) is 0 Å². The number of benzene rings is 1. The average molecular weight is 289 g/mol. The van der Waals surface area contributed by atoms with Gasteiger partial charge < -0.3 is 16.0 Å². The molecule has 0 aliphatic carbocycles. The lowest BCUT2D eigenvalue weighted by molar-refractivity contribution is -0.118. The van der Waals surface area contributed by atoms with Gasteiger partial charge in [0.05, 0.1) is 6.04 Å². The molecule has 2 amide bonds. The molecule has 3 N–H and O–H groups in total. The summed E-state index contributed by atoms with van der Waals surface area (Å²) in [7, 11) is 0. The van der Waals surface area contributed by atoms with Crippen LogP contribution in [0.2, 0.25) is 0 Å². The van der Waals surface area contributed by atoms with Gasteiger partial charge in [-0.1, -0.05) is 6.42 Å². The molecule has 1 aromatic carbocycles. The van der Waals surface area contributed by atoms with Crippen LogP contribution in [0.4, 0.5) is 5.69 Å². The van der Waals surface area contributed by atoms with Crippen LogP contribution >= 0.6 is 0 Å². The van der Waals surface area contributed by atoms with Crippen molar-refractivity contribution >= 4 is 17.5 Å². The quantitative estimate of drug-likeness (QED) is 0.793. The smallest absolute Gasteiger partial charge is 0.251 e. The molecular formula is C16H23N3O2. The van der Waals surface area contributed by atoms with E-state index >= 15 is 0 Å². The summed E-state index contributed by atoms with van der Waals surface area (Å²) in [4.78, 5) is 23.9. The molecule has 0 bridgehead atoms. The van der Waals surface area contributed by atoms with E-state index in [1.54, 1.807) is 24.3 Å². The topological polar surface area (TPSA) is 70.2 Å². The number of piperidine rings is 1. The fourth-order valence-electron chi connectivity index (χ4n) is 2.36. The molecule has 1 fully saturated rings. The van der Waals surface area contributed by atoms with Gasteiger partial charge in [0.1, 0.15) is 0 Å². The Morgan fingerprint density at radius 1 is 1.19 bits per heavy atom. The highest BCUT2D eigenvalue weighted by Crippen LogP contribution is 2.13. The van der Waals surface area contributed by atoms with Gasteiger partial charge in [-0.25, -0.2) is 0 Å². The van der Waals surface area contributed by atoms with Gasteiger partial charge in [-0.3, -0.25) is 9.59 Å². The Labute approximate surface area is 125 Å². The highest BCUT2D eigenvalue weighted by molar-refractivity contribution is 5.97. The van der Waals surface area contributed by atoms with Gasteiger partial charge >= 0.3 is 0 Å². The molecule has 0 aromatic heterocycles. The maximum atomic E-state index is 12.1. The van der Waals surface area contributed by atoms with Crippen molar-refractivity contribution in [3.8, 4) is 0 Å². The van der Waals surface area contributed by atoms with E-state index in [0.29, 0.717) is 11.3 Å². The van der Waals surface area contributed by atoms with Gasteiger partial charge in [-0.05, 0) is 57.5 Å². The van der Waals surface area contributed by atoms with Gasteiger partial charge in [0.2, 0.25) is 5.91 Å².